The zero-order chi connectivity index (χ0) is 17.7. The summed E-state index contributed by atoms with van der Waals surface area (Å²) in [6, 6.07) is 7.33. The van der Waals surface area contributed by atoms with Crippen LogP contribution in [-0.2, 0) is 11.2 Å². The third kappa shape index (κ3) is 3.74. The van der Waals surface area contributed by atoms with E-state index in [0.29, 0.717) is 36.3 Å². The Hall–Kier alpha value is -2.81. The van der Waals surface area contributed by atoms with Crippen molar-refractivity contribution in [3.63, 3.8) is 0 Å². The number of carbonyl (C=O) groups is 1. The van der Waals surface area contributed by atoms with Gasteiger partial charge in [0.15, 0.2) is 0 Å². The lowest BCUT2D eigenvalue weighted by atomic mass is 10.0. The smallest absolute Gasteiger partial charge is 0.339 e. The van der Waals surface area contributed by atoms with Gasteiger partial charge in [-0.1, -0.05) is 0 Å². The number of ether oxygens (including phenoxy) is 1. The molecule has 0 aliphatic carbocycles. The minimum absolute atomic E-state index is 0.0983. The molecule has 24 heavy (non-hydrogen) atoms. The van der Waals surface area contributed by atoms with Crippen molar-refractivity contribution < 1.29 is 13.9 Å². The molecule has 0 radical (unpaired) electrons. The van der Waals surface area contributed by atoms with E-state index in [2.05, 4.69) is 0 Å². The average molecular weight is 328 g/mol. The van der Waals surface area contributed by atoms with Gasteiger partial charge in [0, 0.05) is 37.0 Å². The van der Waals surface area contributed by atoms with Gasteiger partial charge in [0.2, 0.25) is 5.91 Å². The molecule has 1 aromatic carbocycles. The van der Waals surface area contributed by atoms with Crippen LogP contribution in [0.4, 0.5) is 0 Å². The Morgan fingerprint density at radius 2 is 2.17 bits per heavy atom. The Bertz CT molecular complexity index is 848. The molecule has 0 bridgehead atoms. The van der Waals surface area contributed by atoms with Crippen LogP contribution < -0.4 is 10.4 Å². The van der Waals surface area contributed by atoms with Crippen molar-refractivity contribution in [2.75, 3.05) is 20.7 Å². The Morgan fingerprint density at radius 3 is 2.83 bits per heavy atom. The maximum atomic E-state index is 12.2. The van der Waals surface area contributed by atoms with Crippen molar-refractivity contribution in [3.05, 3.63) is 39.7 Å². The number of hydrogen-bond acceptors (Lipinski definition) is 5. The third-order valence-corrected chi connectivity index (χ3v) is 4.07. The standard InChI is InChI=1S/C18H20N2O4/c1-12-14-6-5-13(23-3)11-16(14)24-18(22)15(12)7-8-17(21)20(2)10-4-9-19/h5-6,11H,4,7-8,10H2,1-3H3. The molecule has 0 fully saturated rings. The van der Waals surface area contributed by atoms with Crippen LogP contribution in [0.25, 0.3) is 11.0 Å². The highest BCUT2D eigenvalue weighted by Crippen LogP contribution is 2.24. The Labute approximate surface area is 140 Å². The summed E-state index contributed by atoms with van der Waals surface area (Å²) in [5.74, 6) is 0.519. The molecule has 126 valence electrons. The SMILES string of the molecule is COc1ccc2c(C)c(CCC(=O)N(C)CCC#N)c(=O)oc2c1. The van der Waals surface area contributed by atoms with Gasteiger partial charge in [-0.3, -0.25) is 4.79 Å². The zero-order valence-corrected chi connectivity index (χ0v) is 14.1. The highest BCUT2D eigenvalue weighted by molar-refractivity contribution is 5.82. The van der Waals surface area contributed by atoms with Gasteiger partial charge in [-0.25, -0.2) is 4.79 Å². The number of rotatable bonds is 6. The lowest BCUT2D eigenvalue weighted by Crippen LogP contribution is -2.28. The number of hydrogen-bond donors (Lipinski definition) is 0. The van der Waals surface area contributed by atoms with E-state index in [1.54, 1.807) is 26.3 Å². The number of methoxy groups -OCH3 is 1. The van der Waals surface area contributed by atoms with E-state index in [9.17, 15) is 9.59 Å². The lowest BCUT2D eigenvalue weighted by Gasteiger charge is -2.15. The summed E-state index contributed by atoms with van der Waals surface area (Å²) in [6.07, 6.45) is 0.808. The second-order valence-corrected chi connectivity index (χ2v) is 5.58. The number of carbonyl (C=O) groups excluding carboxylic acids is 1. The van der Waals surface area contributed by atoms with Crippen molar-refractivity contribution in [1.29, 1.82) is 5.26 Å². The van der Waals surface area contributed by atoms with Crippen LogP contribution in [0.1, 0.15) is 24.0 Å². The quantitative estimate of drug-likeness (QED) is 0.760. The third-order valence-electron chi connectivity index (χ3n) is 4.07. The van der Waals surface area contributed by atoms with Crippen molar-refractivity contribution in [1.82, 2.24) is 4.90 Å². The van der Waals surface area contributed by atoms with Gasteiger partial charge in [0.25, 0.3) is 0 Å². The number of amides is 1. The summed E-state index contributed by atoms with van der Waals surface area (Å²) < 4.78 is 10.5. The Morgan fingerprint density at radius 1 is 1.42 bits per heavy atom. The monoisotopic (exact) mass is 328 g/mol. The first-order valence-corrected chi connectivity index (χ1v) is 7.69. The van der Waals surface area contributed by atoms with E-state index >= 15 is 0 Å². The number of nitrogens with zero attached hydrogens (tertiary/aromatic N) is 2. The number of benzene rings is 1. The summed E-state index contributed by atoms with van der Waals surface area (Å²) in [7, 11) is 3.20. The summed E-state index contributed by atoms with van der Waals surface area (Å²) in [6.45, 7) is 2.24. The van der Waals surface area contributed by atoms with Gasteiger partial charge in [0.05, 0.1) is 19.6 Å². The molecule has 6 nitrogen and oxygen atoms in total. The van der Waals surface area contributed by atoms with Gasteiger partial charge >= 0.3 is 5.63 Å². The topological polar surface area (TPSA) is 83.5 Å². The highest BCUT2D eigenvalue weighted by atomic mass is 16.5. The van der Waals surface area contributed by atoms with Crippen LogP contribution in [0, 0.1) is 18.3 Å². The molecule has 0 aliphatic heterocycles. The first-order valence-electron chi connectivity index (χ1n) is 7.69. The van der Waals surface area contributed by atoms with Crippen molar-refractivity contribution in [2.45, 2.75) is 26.2 Å². The first-order chi connectivity index (χ1) is 11.5. The fourth-order valence-electron chi connectivity index (χ4n) is 2.56. The van der Waals surface area contributed by atoms with Gasteiger partial charge in [0.1, 0.15) is 11.3 Å². The van der Waals surface area contributed by atoms with Crippen LogP contribution >= 0.6 is 0 Å². The van der Waals surface area contributed by atoms with Gasteiger partial charge in [-0.15, -0.1) is 0 Å². The molecule has 6 heteroatoms. The van der Waals surface area contributed by atoms with Crippen LogP contribution in [0.5, 0.6) is 5.75 Å². The lowest BCUT2D eigenvalue weighted by molar-refractivity contribution is -0.129. The van der Waals surface area contributed by atoms with E-state index in [-0.39, 0.29) is 12.3 Å². The second kappa shape index (κ2) is 7.64. The highest BCUT2D eigenvalue weighted by Gasteiger charge is 2.15. The molecule has 1 heterocycles. The number of aryl methyl sites for hydroxylation is 1. The van der Waals surface area contributed by atoms with Crippen LogP contribution in [0.3, 0.4) is 0 Å². The minimum Gasteiger partial charge on any atom is -0.497 e. The predicted octanol–water partition coefficient (Wildman–Crippen LogP) is 2.41. The van der Waals surface area contributed by atoms with E-state index in [4.69, 9.17) is 14.4 Å². The molecule has 1 amide bonds. The summed E-state index contributed by atoms with van der Waals surface area (Å²) in [5, 5.41) is 9.39. The number of nitriles is 1. The van der Waals surface area contributed by atoms with Gasteiger partial charge in [-0.05, 0) is 31.0 Å². The van der Waals surface area contributed by atoms with Crippen molar-refractivity contribution in [3.8, 4) is 11.8 Å². The predicted molar refractivity (Wildman–Crippen MR) is 90.0 cm³/mol. The molecule has 0 N–H and O–H groups in total. The first kappa shape index (κ1) is 17.5. The molecular formula is C18H20N2O4. The maximum absolute atomic E-state index is 12.2. The molecule has 0 saturated heterocycles. The van der Waals surface area contributed by atoms with Gasteiger partial charge in [-0.2, -0.15) is 5.26 Å². The van der Waals surface area contributed by atoms with E-state index in [1.807, 2.05) is 19.1 Å². The van der Waals surface area contributed by atoms with E-state index in [1.165, 1.54) is 4.90 Å². The Kier molecular flexibility index (Phi) is 5.59. The molecule has 0 spiro atoms. The molecule has 2 rings (SSSR count). The van der Waals surface area contributed by atoms with Crippen LogP contribution in [-0.4, -0.2) is 31.5 Å². The second-order valence-electron chi connectivity index (χ2n) is 5.58. The van der Waals surface area contributed by atoms with Crippen LogP contribution in [0.2, 0.25) is 0 Å². The summed E-state index contributed by atoms with van der Waals surface area (Å²) in [5.41, 5.74) is 1.37. The van der Waals surface area contributed by atoms with E-state index in [0.717, 1.165) is 10.9 Å². The Balaban J connectivity index is 2.22. The summed E-state index contributed by atoms with van der Waals surface area (Å²) >= 11 is 0. The minimum atomic E-state index is -0.430. The van der Waals surface area contributed by atoms with Crippen molar-refractivity contribution in [2.24, 2.45) is 0 Å². The summed E-state index contributed by atoms with van der Waals surface area (Å²) in [4.78, 5) is 25.8. The zero-order valence-electron chi connectivity index (χ0n) is 14.1. The fraction of sp³-hybridized carbons (Fsp3) is 0.389. The number of fused-ring (bicyclic) bond motifs is 1. The van der Waals surface area contributed by atoms with Gasteiger partial charge < -0.3 is 14.1 Å². The average Bonchev–Trinajstić information content (AvgIpc) is 2.58. The molecule has 1 aromatic heterocycles. The molecule has 0 aliphatic rings. The normalized spacial score (nSPS) is 10.4. The van der Waals surface area contributed by atoms with Crippen molar-refractivity contribution >= 4 is 16.9 Å². The molecule has 0 unspecified atom stereocenters. The maximum Gasteiger partial charge on any atom is 0.339 e. The van der Waals surface area contributed by atoms with Crippen LogP contribution in [0.15, 0.2) is 27.4 Å². The largest absolute Gasteiger partial charge is 0.497 e. The molecular weight excluding hydrogens is 308 g/mol. The molecule has 0 atom stereocenters. The molecule has 0 saturated carbocycles. The molecule has 2 aromatic rings. The van der Waals surface area contributed by atoms with E-state index < -0.39 is 5.63 Å². The fourth-order valence-corrected chi connectivity index (χ4v) is 2.56.